The highest BCUT2D eigenvalue weighted by molar-refractivity contribution is 9.10. The summed E-state index contributed by atoms with van der Waals surface area (Å²) >= 11 is 3.25. The maximum atomic E-state index is 12.7. The van der Waals surface area contributed by atoms with Gasteiger partial charge in [0.15, 0.2) is 5.69 Å². The highest BCUT2D eigenvalue weighted by atomic mass is 79.9. The normalized spacial score (nSPS) is 12.0. The lowest BCUT2D eigenvalue weighted by Gasteiger charge is -2.21. The molecule has 0 saturated carbocycles. The lowest BCUT2D eigenvalue weighted by molar-refractivity contribution is -0.127. The molecule has 1 atom stereocenters. The second-order valence-corrected chi connectivity index (χ2v) is 7.82. The number of benzene rings is 1. The number of halogens is 1. The monoisotopic (exact) mass is 472 g/mol. The highest BCUT2D eigenvalue weighted by Gasteiger charge is 2.25. The van der Waals surface area contributed by atoms with Gasteiger partial charge in [0.1, 0.15) is 23.0 Å². The third kappa shape index (κ3) is 4.82. The average Bonchev–Trinajstić information content (AvgIpc) is 3.04. The molecule has 0 fully saturated rings. The zero-order chi connectivity index (χ0) is 21.8. The van der Waals surface area contributed by atoms with E-state index in [2.05, 4.69) is 36.6 Å². The van der Waals surface area contributed by atoms with Crippen LogP contribution < -0.4 is 16.4 Å². The van der Waals surface area contributed by atoms with E-state index in [4.69, 9.17) is 5.73 Å². The van der Waals surface area contributed by atoms with Crippen molar-refractivity contribution < 1.29 is 14.4 Å². The third-order valence-corrected chi connectivity index (χ3v) is 4.86. The topological polar surface area (TPSA) is 132 Å². The van der Waals surface area contributed by atoms with E-state index in [0.717, 1.165) is 0 Å². The number of nitrogens with zero attached hydrogens (tertiary/aromatic N) is 3. The van der Waals surface area contributed by atoms with Gasteiger partial charge >= 0.3 is 0 Å². The van der Waals surface area contributed by atoms with Crippen LogP contribution in [0.15, 0.2) is 47.1 Å². The lowest BCUT2D eigenvalue weighted by atomic mass is 10.0. The molecule has 0 bridgehead atoms. The van der Waals surface area contributed by atoms with Crippen LogP contribution >= 0.6 is 15.9 Å². The molecule has 2 heterocycles. The molecule has 3 aromatic rings. The number of amides is 3. The molecule has 3 amide bonds. The van der Waals surface area contributed by atoms with Gasteiger partial charge in [0.25, 0.3) is 5.91 Å². The fraction of sp³-hybridized carbons (Fsp3) is 0.250. The number of fused-ring (bicyclic) bond motifs is 1. The first kappa shape index (κ1) is 21.4. The van der Waals surface area contributed by atoms with E-state index in [-0.39, 0.29) is 24.1 Å². The SMILES string of the molecule is CC(C)C(NC(=O)Cn1nc(C(N)=O)c2ccccc21)C(=O)Nc1cccc(Br)n1. The molecule has 1 unspecified atom stereocenters. The predicted octanol–water partition coefficient (Wildman–Crippen LogP) is 2.07. The summed E-state index contributed by atoms with van der Waals surface area (Å²) in [6.07, 6.45) is 0. The number of rotatable bonds is 7. The van der Waals surface area contributed by atoms with Gasteiger partial charge in [-0.05, 0) is 40.0 Å². The summed E-state index contributed by atoms with van der Waals surface area (Å²) in [6, 6.07) is 11.4. The Hall–Kier alpha value is -3.27. The van der Waals surface area contributed by atoms with Gasteiger partial charge in [0.2, 0.25) is 11.8 Å². The maximum Gasteiger partial charge on any atom is 0.269 e. The van der Waals surface area contributed by atoms with Crippen molar-refractivity contribution in [3.8, 4) is 0 Å². The summed E-state index contributed by atoms with van der Waals surface area (Å²) in [4.78, 5) is 41.2. The lowest BCUT2D eigenvalue weighted by Crippen LogP contribution is -2.48. The molecule has 0 radical (unpaired) electrons. The van der Waals surface area contributed by atoms with Gasteiger partial charge in [-0.3, -0.25) is 19.1 Å². The van der Waals surface area contributed by atoms with Crippen LogP contribution in [0.4, 0.5) is 5.82 Å². The van der Waals surface area contributed by atoms with Gasteiger partial charge in [0.05, 0.1) is 5.52 Å². The Balaban J connectivity index is 1.75. The Labute approximate surface area is 181 Å². The number of carbonyl (C=O) groups is 3. The van der Waals surface area contributed by atoms with Crippen LogP contribution in [0.1, 0.15) is 24.3 Å². The first-order valence-corrected chi connectivity index (χ1v) is 10.0. The van der Waals surface area contributed by atoms with Crippen LogP contribution in [-0.2, 0) is 16.1 Å². The average molecular weight is 473 g/mol. The van der Waals surface area contributed by atoms with Crippen LogP contribution in [0, 0.1) is 5.92 Å². The van der Waals surface area contributed by atoms with Crippen LogP contribution in [0.3, 0.4) is 0 Å². The molecule has 0 spiro atoms. The minimum Gasteiger partial charge on any atom is -0.364 e. The fourth-order valence-electron chi connectivity index (χ4n) is 3.00. The summed E-state index contributed by atoms with van der Waals surface area (Å²) in [5, 5.41) is 10.2. The fourth-order valence-corrected chi connectivity index (χ4v) is 3.35. The van der Waals surface area contributed by atoms with Gasteiger partial charge in [0, 0.05) is 5.39 Å². The molecule has 0 saturated heterocycles. The summed E-state index contributed by atoms with van der Waals surface area (Å²) in [6.45, 7) is 3.49. The van der Waals surface area contributed by atoms with Gasteiger partial charge in [-0.2, -0.15) is 5.10 Å². The molecule has 3 rings (SSSR count). The second kappa shape index (κ2) is 9.04. The number of hydrogen-bond donors (Lipinski definition) is 3. The van der Waals surface area contributed by atoms with Crippen LogP contribution in [0.5, 0.6) is 0 Å². The zero-order valence-electron chi connectivity index (χ0n) is 16.4. The number of pyridine rings is 1. The predicted molar refractivity (Wildman–Crippen MR) is 116 cm³/mol. The number of primary amides is 1. The van der Waals surface area contributed by atoms with E-state index in [1.165, 1.54) is 4.68 Å². The standard InChI is InChI=1S/C20H21BrN6O3/c1-11(2)17(20(30)24-15-9-5-8-14(21)23-15)25-16(28)10-27-13-7-4-3-6-12(13)18(26-27)19(22)29/h3-9,11,17H,10H2,1-2H3,(H2,22,29)(H,25,28)(H,23,24,30). The number of para-hydroxylation sites is 1. The molecule has 0 aliphatic rings. The van der Waals surface area contributed by atoms with E-state index in [1.54, 1.807) is 42.5 Å². The molecule has 156 valence electrons. The largest absolute Gasteiger partial charge is 0.364 e. The molecule has 10 heteroatoms. The molecule has 2 aromatic heterocycles. The summed E-state index contributed by atoms with van der Waals surface area (Å²) < 4.78 is 1.98. The van der Waals surface area contributed by atoms with Crippen LogP contribution in [0.2, 0.25) is 0 Å². The summed E-state index contributed by atoms with van der Waals surface area (Å²) in [5.41, 5.74) is 6.09. The van der Waals surface area contributed by atoms with Gasteiger partial charge in [-0.1, -0.05) is 38.1 Å². The van der Waals surface area contributed by atoms with Gasteiger partial charge in [-0.15, -0.1) is 0 Å². The van der Waals surface area contributed by atoms with Crippen molar-refractivity contribution in [3.63, 3.8) is 0 Å². The van der Waals surface area contributed by atoms with Crippen molar-refractivity contribution in [2.75, 3.05) is 5.32 Å². The third-order valence-electron chi connectivity index (χ3n) is 4.42. The second-order valence-electron chi connectivity index (χ2n) is 7.01. The van der Waals surface area contributed by atoms with Gasteiger partial charge < -0.3 is 16.4 Å². The number of carbonyl (C=O) groups excluding carboxylic acids is 3. The highest BCUT2D eigenvalue weighted by Crippen LogP contribution is 2.18. The molecular formula is C20H21BrN6O3. The number of nitrogens with one attached hydrogen (secondary N) is 2. The van der Waals surface area contributed by atoms with E-state index in [9.17, 15) is 14.4 Å². The summed E-state index contributed by atoms with van der Waals surface area (Å²) in [7, 11) is 0. The van der Waals surface area contributed by atoms with E-state index >= 15 is 0 Å². The van der Waals surface area contributed by atoms with Crippen LogP contribution in [-0.4, -0.2) is 38.5 Å². The number of aromatic nitrogens is 3. The summed E-state index contributed by atoms with van der Waals surface area (Å²) in [5.74, 6) is -1.27. The Morgan fingerprint density at radius 3 is 2.53 bits per heavy atom. The smallest absolute Gasteiger partial charge is 0.269 e. The Bertz CT molecular complexity index is 1110. The molecule has 4 N–H and O–H groups in total. The molecule has 0 aliphatic heterocycles. The molecule has 0 aliphatic carbocycles. The molecular weight excluding hydrogens is 452 g/mol. The van der Waals surface area contributed by atoms with Crippen molar-refractivity contribution in [1.82, 2.24) is 20.1 Å². The number of hydrogen-bond acceptors (Lipinski definition) is 5. The zero-order valence-corrected chi connectivity index (χ0v) is 18.0. The van der Waals surface area contributed by atoms with E-state index < -0.39 is 17.9 Å². The van der Waals surface area contributed by atoms with Crippen LogP contribution in [0.25, 0.3) is 10.9 Å². The van der Waals surface area contributed by atoms with Crippen molar-refractivity contribution >= 4 is 50.4 Å². The molecule has 9 nitrogen and oxygen atoms in total. The Kier molecular flexibility index (Phi) is 6.46. The molecule has 30 heavy (non-hydrogen) atoms. The quantitative estimate of drug-likeness (QED) is 0.452. The number of anilines is 1. The minimum absolute atomic E-state index is 0.0947. The Morgan fingerprint density at radius 2 is 1.87 bits per heavy atom. The van der Waals surface area contributed by atoms with Crippen molar-refractivity contribution in [1.29, 1.82) is 0 Å². The number of nitrogens with two attached hydrogens (primary N) is 1. The van der Waals surface area contributed by atoms with E-state index in [0.29, 0.717) is 21.3 Å². The maximum absolute atomic E-state index is 12.7. The van der Waals surface area contributed by atoms with Crippen molar-refractivity contribution in [3.05, 3.63) is 52.8 Å². The Morgan fingerprint density at radius 1 is 1.13 bits per heavy atom. The van der Waals surface area contributed by atoms with Gasteiger partial charge in [-0.25, -0.2) is 4.98 Å². The minimum atomic E-state index is -0.782. The first-order valence-electron chi connectivity index (χ1n) is 9.24. The van der Waals surface area contributed by atoms with E-state index in [1.807, 2.05) is 13.8 Å². The first-order chi connectivity index (χ1) is 14.3. The molecule has 1 aromatic carbocycles. The van der Waals surface area contributed by atoms with Crippen molar-refractivity contribution in [2.45, 2.75) is 26.4 Å². The van der Waals surface area contributed by atoms with Crippen molar-refractivity contribution in [2.24, 2.45) is 11.7 Å².